The van der Waals surface area contributed by atoms with Gasteiger partial charge in [-0.05, 0) is 37.3 Å². The topological polar surface area (TPSA) is 153 Å². The van der Waals surface area contributed by atoms with Gasteiger partial charge in [-0.25, -0.2) is 26.8 Å². The first-order chi connectivity index (χ1) is 17.0. The van der Waals surface area contributed by atoms with Gasteiger partial charge in [0.25, 0.3) is 5.91 Å². The number of amides is 1. The Morgan fingerprint density at radius 2 is 1.81 bits per heavy atom. The molecule has 15 heteroatoms. The lowest BCUT2D eigenvalue weighted by molar-refractivity contribution is 0.0730. The van der Waals surface area contributed by atoms with Gasteiger partial charge in [-0.3, -0.25) is 4.79 Å². The van der Waals surface area contributed by atoms with Crippen molar-refractivity contribution in [2.75, 3.05) is 32.6 Å². The van der Waals surface area contributed by atoms with Gasteiger partial charge < -0.3 is 10.1 Å². The number of halogens is 1. The third-order valence-electron chi connectivity index (χ3n) is 5.42. The molecule has 192 valence electrons. The number of nitrogens with zero attached hydrogens (tertiary/aromatic N) is 5. The molecule has 0 bridgehead atoms. The predicted molar refractivity (Wildman–Crippen MR) is 129 cm³/mol. The first kappa shape index (κ1) is 26.2. The monoisotopic (exact) mass is 554 g/mol. The number of hydrogen-bond acceptors (Lipinski definition) is 9. The Kier molecular flexibility index (Phi) is 7.43. The van der Waals surface area contributed by atoms with Crippen molar-refractivity contribution in [1.82, 2.24) is 29.4 Å². The molecule has 3 aromatic rings. The van der Waals surface area contributed by atoms with E-state index in [1.165, 1.54) is 51.8 Å². The van der Waals surface area contributed by atoms with Gasteiger partial charge in [0, 0.05) is 36.1 Å². The third kappa shape index (κ3) is 5.57. The number of rotatable bonds is 7. The predicted octanol–water partition coefficient (Wildman–Crippen LogP) is 1.23. The summed E-state index contributed by atoms with van der Waals surface area (Å²) in [6.45, 7) is 2.88. The summed E-state index contributed by atoms with van der Waals surface area (Å²) in [6, 6.07) is 6.12. The number of aromatic nitrogens is 4. The molecule has 1 atom stereocenters. The first-order valence-electron chi connectivity index (χ1n) is 10.7. The fraction of sp³-hybridized carbons (Fsp3) is 0.333. The van der Waals surface area contributed by atoms with E-state index in [1.54, 1.807) is 6.92 Å². The van der Waals surface area contributed by atoms with Crippen LogP contribution in [-0.2, 0) is 24.6 Å². The minimum atomic E-state index is -3.70. The molecule has 4 rings (SSSR count). The van der Waals surface area contributed by atoms with Crippen LogP contribution in [0.1, 0.15) is 29.1 Å². The Balaban J connectivity index is 1.54. The molecule has 1 aliphatic rings. The Labute approximate surface area is 213 Å². The van der Waals surface area contributed by atoms with E-state index in [9.17, 15) is 21.6 Å². The standard InChI is InChI=1S/C21H23ClN6O6S2/c1-14(26-21(29)15-9-16(22)11-18(10-15)35(2,30)31)20-24-13-25-28(20)19-4-3-17(12-23-19)36(32,33)27-5-7-34-8-6-27/h3-4,9-14H,5-8H2,1-2H3,(H,26,29)/t14-/m0/s1. The first-order valence-corrected chi connectivity index (χ1v) is 14.4. The molecule has 36 heavy (non-hydrogen) atoms. The van der Waals surface area contributed by atoms with Crippen LogP contribution >= 0.6 is 11.6 Å². The smallest absolute Gasteiger partial charge is 0.251 e. The number of pyridine rings is 1. The average Bonchev–Trinajstić information content (AvgIpc) is 3.34. The molecule has 0 aliphatic carbocycles. The average molecular weight is 555 g/mol. The maximum absolute atomic E-state index is 12.8. The van der Waals surface area contributed by atoms with Gasteiger partial charge in [0.15, 0.2) is 21.5 Å². The number of benzene rings is 1. The number of ether oxygens (including phenoxy) is 1. The van der Waals surface area contributed by atoms with Gasteiger partial charge in [0.2, 0.25) is 10.0 Å². The van der Waals surface area contributed by atoms with Crippen molar-refractivity contribution < 1.29 is 26.4 Å². The second-order valence-electron chi connectivity index (χ2n) is 8.04. The van der Waals surface area contributed by atoms with Crippen LogP contribution in [0.4, 0.5) is 0 Å². The molecular formula is C21H23ClN6O6S2. The van der Waals surface area contributed by atoms with Gasteiger partial charge in [-0.2, -0.15) is 14.1 Å². The maximum Gasteiger partial charge on any atom is 0.251 e. The summed E-state index contributed by atoms with van der Waals surface area (Å²) in [5.41, 5.74) is 0.0663. The van der Waals surface area contributed by atoms with Crippen LogP contribution in [0.2, 0.25) is 5.02 Å². The van der Waals surface area contributed by atoms with Crippen molar-refractivity contribution in [2.24, 2.45) is 0 Å². The zero-order valence-electron chi connectivity index (χ0n) is 19.3. The van der Waals surface area contributed by atoms with Crippen LogP contribution in [-0.4, -0.2) is 79.4 Å². The van der Waals surface area contributed by atoms with Gasteiger partial charge >= 0.3 is 0 Å². The Morgan fingerprint density at radius 1 is 1.08 bits per heavy atom. The third-order valence-corrected chi connectivity index (χ3v) is 8.61. The van der Waals surface area contributed by atoms with Crippen molar-refractivity contribution in [3.05, 3.63) is 59.3 Å². The Bertz CT molecular complexity index is 1490. The van der Waals surface area contributed by atoms with E-state index in [2.05, 4.69) is 20.4 Å². The number of carbonyl (C=O) groups is 1. The minimum absolute atomic E-state index is 0.0406. The quantitative estimate of drug-likeness (QED) is 0.454. The van der Waals surface area contributed by atoms with Crippen LogP contribution in [0, 0.1) is 0 Å². The van der Waals surface area contributed by atoms with Crippen LogP contribution in [0.3, 0.4) is 0 Å². The van der Waals surface area contributed by atoms with Crippen LogP contribution < -0.4 is 5.32 Å². The molecule has 1 aromatic carbocycles. The minimum Gasteiger partial charge on any atom is -0.379 e. The number of nitrogens with one attached hydrogen (secondary N) is 1. The Hall–Kier alpha value is -2.91. The SMILES string of the molecule is C[C@H](NC(=O)c1cc(Cl)cc(S(C)(=O)=O)c1)c1ncnn1-c1ccc(S(=O)(=O)N2CCOCC2)cn1. The van der Waals surface area contributed by atoms with Crippen LogP contribution in [0.15, 0.2) is 52.6 Å². The van der Waals surface area contributed by atoms with E-state index >= 15 is 0 Å². The molecule has 1 fully saturated rings. The number of carbonyl (C=O) groups excluding carboxylic acids is 1. The van der Waals surface area contributed by atoms with E-state index in [4.69, 9.17) is 16.3 Å². The van der Waals surface area contributed by atoms with Gasteiger partial charge in [-0.15, -0.1) is 0 Å². The van der Waals surface area contributed by atoms with Gasteiger partial charge in [0.1, 0.15) is 11.2 Å². The highest BCUT2D eigenvalue weighted by Gasteiger charge is 2.27. The van der Waals surface area contributed by atoms with Gasteiger partial charge in [-0.1, -0.05) is 11.6 Å². The van der Waals surface area contributed by atoms with Gasteiger partial charge in [0.05, 0.1) is 24.2 Å². The highest BCUT2D eigenvalue weighted by atomic mass is 35.5. The van der Waals surface area contributed by atoms with Crippen molar-refractivity contribution in [1.29, 1.82) is 0 Å². The normalized spacial score (nSPS) is 16.0. The second kappa shape index (κ2) is 10.2. The number of morpholine rings is 1. The fourth-order valence-electron chi connectivity index (χ4n) is 3.56. The fourth-order valence-corrected chi connectivity index (χ4v) is 5.90. The molecular weight excluding hydrogens is 532 g/mol. The highest BCUT2D eigenvalue weighted by molar-refractivity contribution is 7.90. The molecule has 0 radical (unpaired) electrons. The van der Waals surface area contributed by atoms with E-state index in [1.807, 2.05) is 0 Å². The highest BCUT2D eigenvalue weighted by Crippen LogP contribution is 2.21. The van der Waals surface area contributed by atoms with Crippen molar-refractivity contribution >= 4 is 37.4 Å². The number of sulfonamides is 1. The number of sulfone groups is 1. The van der Waals surface area contributed by atoms with Crippen LogP contribution in [0.5, 0.6) is 0 Å². The summed E-state index contributed by atoms with van der Waals surface area (Å²) in [4.78, 5) is 21.2. The van der Waals surface area contributed by atoms with Crippen molar-refractivity contribution in [3.63, 3.8) is 0 Å². The lowest BCUT2D eigenvalue weighted by atomic mass is 10.2. The summed E-state index contributed by atoms with van der Waals surface area (Å²) in [6.07, 6.45) is 3.54. The maximum atomic E-state index is 12.8. The van der Waals surface area contributed by atoms with E-state index < -0.39 is 31.8 Å². The molecule has 0 unspecified atom stereocenters. The molecule has 1 aliphatic heterocycles. The summed E-state index contributed by atoms with van der Waals surface area (Å²) in [5.74, 6) is 0.0565. The van der Waals surface area contributed by atoms with Crippen LogP contribution in [0.25, 0.3) is 5.82 Å². The lowest BCUT2D eigenvalue weighted by Gasteiger charge is -2.25. The molecule has 0 saturated carbocycles. The van der Waals surface area contributed by atoms with Crippen molar-refractivity contribution in [2.45, 2.75) is 22.8 Å². The largest absolute Gasteiger partial charge is 0.379 e. The summed E-state index contributed by atoms with van der Waals surface area (Å²) >= 11 is 6.00. The second-order valence-corrected chi connectivity index (χ2v) is 12.4. The van der Waals surface area contributed by atoms with Crippen molar-refractivity contribution in [3.8, 4) is 5.82 Å². The molecule has 1 N–H and O–H groups in total. The molecule has 0 spiro atoms. The van der Waals surface area contributed by atoms with E-state index in [0.29, 0.717) is 24.9 Å². The zero-order chi connectivity index (χ0) is 26.1. The summed E-state index contributed by atoms with van der Waals surface area (Å²) in [7, 11) is -7.27. The zero-order valence-corrected chi connectivity index (χ0v) is 21.7. The molecule has 3 heterocycles. The molecule has 12 nitrogen and oxygen atoms in total. The van der Waals surface area contributed by atoms with E-state index in [0.717, 1.165) is 6.26 Å². The molecule has 1 amide bonds. The number of hydrogen-bond donors (Lipinski definition) is 1. The summed E-state index contributed by atoms with van der Waals surface area (Å²) < 4.78 is 57.3. The summed E-state index contributed by atoms with van der Waals surface area (Å²) in [5, 5.41) is 6.99. The molecule has 1 saturated heterocycles. The van der Waals surface area contributed by atoms with E-state index in [-0.39, 0.29) is 33.5 Å². The Morgan fingerprint density at radius 3 is 2.44 bits per heavy atom. The molecule has 2 aromatic heterocycles. The lowest BCUT2D eigenvalue weighted by Crippen LogP contribution is -2.40.